The van der Waals surface area contributed by atoms with Crippen molar-refractivity contribution in [2.75, 3.05) is 17.7 Å². The van der Waals surface area contributed by atoms with Crippen LogP contribution in [0.25, 0.3) is 0 Å². The molecule has 0 aliphatic carbocycles. The van der Waals surface area contributed by atoms with Gasteiger partial charge in [0.2, 0.25) is 5.91 Å². The van der Waals surface area contributed by atoms with Crippen molar-refractivity contribution in [3.05, 3.63) is 48.5 Å². The van der Waals surface area contributed by atoms with Crippen LogP contribution >= 0.6 is 0 Å². The molecular formula is C15H16N2O2. The first kappa shape index (κ1) is 13.0. The number of anilines is 3. The van der Waals surface area contributed by atoms with Gasteiger partial charge in [0.05, 0.1) is 7.11 Å². The standard InChI is InChI=1S/C15H16N2O2/c1-11(18)16-12-3-5-13(6-4-12)17-14-7-9-15(19-2)10-8-14/h3-10,17H,1-2H3,(H,16,18). The highest BCUT2D eigenvalue weighted by molar-refractivity contribution is 5.88. The number of carbonyl (C=O) groups is 1. The van der Waals surface area contributed by atoms with Crippen LogP contribution < -0.4 is 15.4 Å². The molecule has 1 amide bonds. The summed E-state index contributed by atoms with van der Waals surface area (Å²) in [5.74, 6) is 0.752. The van der Waals surface area contributed by atoms with E-state index in [9.17, 15) is 4.79 Å². The predicted molar refractivity (Wildman–Crippen MR) is 77.0 cm³/mol. The van der Waals surface area contributed by atoms with E-state index in [0.29, 0.717) is 0 Å². The van der Waals surface area contributed by atoms with Gasteiger partial charge >= 0.3 is 0 Å². The summed E-state index contributed by atoms with van der Waals surface area (Å²) in [5.41, 5.74) is 2.72. The number of rotatable bonds is 4. The molecule has 98 valence electrons. The molecule has 0 bridgehead atoms. The molecule has 2 aromatic rings. The van der Waals surface area contributed by atoms with Crippen LogP contribution in [0.5, 0.6) is 5.75 Å². The Kier molecular flexibility index (Phi) is 4.03. The third-order valence-electron chi connectivity index (χ3n) is 2.58. The lowest BCUT2D eigenvalue weighted by atomic mass is 10.2. The van der Waals surface area contributed by atoms with Crippen LogP contribution in [-0.2, 0) is 4.79 Å². The molecule has 0 aliphatic heterocycles. The summed E-state index contributed by atoms with van der Waals surface area (Å²) >= 11 is 0. The molecule has 0 unspecified atom stereocenters. The van der Waals surface area contributed by atoms with E-state index in [-0.39, 0.29) is 5.91 Å². The SMILES string of the molecule is COc1ccc(Nc2ccc(NC(C)=O)cc2)cc1. The Morgan fingerprint density at radius 3 is 1.84 bits per heavy atom. The Hall–Kier alpha value is -2.49. The Bertz CT molecular complexity index is 547. The summed E-state index contributed by atoms with van der Waals surface area (Å²) in [6.45, 7) is 1.49. The third-order valence-corrected chi connectivity index (χ3v) is 2.58. The van der Waals surface area contributed by atoms with Gasteiger partial charge in [-0.25, -0.2) is 0 Å². The van der Waals surface area contributed by atoms with Crippen LogP contribution in [0.4, 0.5) is 17.1 Å². The van der Waals surface area contributed by atoms with Gasteiger partial charge in [-0.1, -0.05) is 0 Å². The number of methoxy groups -OCH3 is 1. The molecule has 19 heavy (non-hydrogen) atoms. The maximum atomic E-state index is 10.9. The van der Waals surface area contributed by atoms with Crippen molar-refractivity contribution in [3.63, 3.8) is 0 Å². The first-order chi connectivity index (χ1) is 9.17. The van der Waals surface area contributed by atoms with Crippen LogP contribution in [0, 0.1) is 0 Å². The van der Waals surface area contributed by atoms with Crippen molar-refractivity contribution in [2.45, 2.75) is 6.92 Å². The zero-order valence-electron chi connectivity index (χ0n) is 10.9. The predicted octanol–water partition coefficient (Wildman–Crippen LogP) is 3.40. The number of hydrogen-bond acceptors (Lipinski definition) is 3. The van der Waals surface area contributed by atoms with Crippen molar-refractivity contribution in [3.8, 4) is 5.75 Å². The zero-order valence-corrected chi connectivity index (χ0v) is 10.9. The Balaban J connectivity index is 2.04. The first-order valence-electron chi connectivity index (χ1n) is 5.96. The highest BCUT2D eigenvalue weighted by Gasteiger charge is 1.98. The molecule has 0 radical (unpaired) electrons. The fraction of sp³-hybridized carbons (Fsp3) is 0.133. The first-order valence-corrected chi connectivity index (χ1v) is 5.96. The normalized spacial score (nSPS) is 9.79. The summed E-state index contributed by atoms with van der Waals surface area (Å²) < 4.78 is 5.10. The van der Waals surface area contributed by atoms with E-state index in [1.807, 2.05) is 48.5 Å². The van der Waals surface area contributed by atoms with E-state index < -0.39 is 0 Å². The molecule has 4 heteroatoms. The molecule has 2 N–H and O–H groups in total. The minimum Gasteiger partial charge on any atom is -0.497 e. The number of amides is 1. The van der Waals surface area contributed by atoms with E-state index in [1.165, 1.54) is 6.92 Å². The van der Waals surface area contributed by atoms with Gasteiger partial charge in [0.1, 0.15) is 5.75 Å². The van der Waals surface area contributed by atoms with Crippen molar-refractivity contribution in [2.24, 2.45) is 0 Å². The minimum atomic E-state index is -0.0733. The van der Waals surface area contributed by atoms with Gasteiger partial charge in [0, 0.05) is 24.0 Å². The highest BCUT2D eigenvalue weighted by Crippen LogP contribution is 2.21. The van der Waals surface area contributed by atoms with Crippen molar-refractivity contribution in [1.29, 1.82) is 0 Å². The molecule has 2 aromatic carbocycles. The second-order valence-corrected chi connectivity index (χ2v) is 4.11. The van der Waals surface area contributed by atoms with Crippen molar-refractivity contribution >= 4 is 23.0 Å². The zero-order chi connectivity index (χ0) is 13.7. The lowest BCUT2D eigenvalue weighted by Crippen LogP contribution is -2.05. The van der Waals surface area contributed by atoms with Crippen LogP contribution in [0.1, 0.15) is 6.92 Å². The highest BCUT2D eigenvalue weighted by atomic mass is 16.5. The molecule has 0 atom stereocenters. The van der Waals surface area contributed by atoms with Gasteiger partial charge in [0.25, 0.3) is 0 Å². The molecule has 0 spiro atoms. The van der Waals surface area contributed by atoms with Crippen molar-refractivity contribution in [1.82, 2.24) is 0 Å². The van der Waals surface area contributed by atoms with Crippen LogP contribution in [0.3, 0.4) is 0 Å². The molecule has 0 fully saturated rings. The number of ether oxygens (including phenoxy) is 1. The van der Waals surface area contributed by atoms with Gasteiger partial charge in [0.15, 0.2) is 0 Å². The van der Waals surface area contributed by atoms with E-state index in [4.69, 9.17) is 4.74 Å². The van der Waals surface area contributed by atoms with Gasteiger partial charge in [-0.3, -0.25) is 4.79 Å². The number of nitrogens with one attached hydrogen (secondary N) is 2. The summed E-state index contributed by atoms with van der Waals surface area (Å²) in [5, 5.41) is 6.00. The fourth-order valence-electron chi connectivity index (χ4n) is 1.68. The molecule has 0 heterocycles. The summed E-state index contributed by atoms with van der Waals surface area (Å²) in [6.07, 6.45) is 0. The van der Waals surface area contributed by atoms with Gasteiger partial charge in [-0.05, 0) is 48.5 Å². The molecule has 0 aromatic heterocycles. The van der Waals surface area contributed by atoms with Crippen LogP contribution in [0.2, 0.25) is 0 Å². The quantitative estimate of drug-likeness (QED) is 0.881. The van der Waals surface area contributed by atoms with Crippen molar-refractivity contribution < 1.29 is 9.53 Å². The average molecular weight is 256 g/mol. The number of hydrogen-bond donors (Lipinski definition) is 2. The number of carbonyl (C=O) groups excluding carboxylic acids is 1. The molecule has 0 saturated carbocycles. The molecule has 4 nitrogen and oxygen atoms in total. The van der Waals surface area contributed by atoms with Crippen LogP contribution in [-0.4, -0.2) is 13.0 Å². The van der Waals surface area contributed by atoms with E-state index in [2.05, 4.69) is 10.6 Å². The summed E-state index contributed by atoms with van der Waals surface area (Å²) in [7, 11) is 1.64. The fourth-order valence-corrected chi connectivity index (χ4v) is 1.68. The molecular weight excluding hydrogens is 240 g/mol. The van der Waals surface area contributed by atoms with Gasteiger partial charge in [-0.15, -0.1) is 0 Å². The summed E-state index contributed by atoms with van der Waals surface area (Å²) in [6, 6.07) is 15.2. The van der Waals surface area contributed by atoms with Gasteiger partial charge < -0.3 is 15.4 Å². The lowest BCUT2D eigenvalue weighted by molar-refractivity contribution is -0.114. The Morgan fingerprint density at radius 1 is 0.895 bits per heavy atom. The van der Waals surface area contributed by atoms with Crippen LogP contribution in [0.15, 0.2) is 48.5 Å². The minimum absolute atomic E-state index is 0.0733. The Labute approximate surface area is 112 Å². The number of benzene rings is 2. The third kappa shape index (κ3) is 3.74. The topological polar surface area (TPSA) is 50.4 Å². The van der Waals surface area contributed by atoms with E-state index >= 15 is 0 Å². The second-order valence-electron chi connectivity index (χ2n) is 4.11. The summed E-state index contributed by atoms with van der Waals surface area (Å²) in [4.78, 5) is 10.9. The van der Waals surface area contributed by atoms with E-state index in [1.54, 1.807) is 7.11 Å². The molecule has 0 saturated heterocycles. The Morgan fingerprint density at radius 2 is 1.37 bits per heavy atom. The van der Waals surface area contributed by atoms with E-state index in [0.717, 1.165) is 22.8 Å². The largest absolute Gasteiger partial charge is 0.497 e. The second kappa shape index (κ2) is 5.91. The maximum absolute atomic E-state index is 10.9. The maximum Gasteiger partial charge on any atom is 0.221 e. The monoisotopic (exact) mass is 256 g/mol. The molecule has 0 aliphatic rings. The van der Waals surface area contributed by atoms with Gasteiger partial charge in [-0.2, -0.15) is 0 Å². The lowest BCUT2D eigenvalue weighted by Gasteiger charge is -2.08. The molecule has 2 rings (SSSR count). The smallest absolute Gasteiger partial charge is 0.221 e. The average Bonchev–Trinajstić information content (AvgIpc) is 2.41.